The van der Waals surface area contributed by atoms with E-state index in [2.05, 4.69) is 24.1 Å². The summed E-state index contributed by atoms with van der Waals surface area (Å²) in [6, 6.07) is 5.75. The number of nitrogens with one attached hydrogen (secondary N) is 1. The zero-order valence-corrected chi connectivity index (χ0v) is 13.7. The minimum Gasteiger partial charge on any atom is -0.314 e. The summed E-state index contributed by atoms with van der Waals surface area (Å²) in [7, 11) is 0. The van der Waals surface area contributed by atoms with Crippen LogP contribution in [0.3, 0.4) is 0 Å². The fourth-order valence-electron chi connectivity index (χ4n) is 3.19. The Morgan fingerprint density at radius 1 is 1.29 bits per heavy atom. The summed E-state index contributed by atoms with van der Waals surface area (Å²) in [5.74, 6) is 0.623. The third-order valence-corrected chi connectivity index (χ3v) is 4.34. The SMILES string of the molecule is Cc1cc(F)ccc1CCNC1CCN(CC(C)C)CC1. The summed E-state index contributed by atoms with van der Waals surface area (Å²) in [5, 5.41) is 3.67. The van der Waals surface area contributed by atoms with E-state index in [0.29, 0.717) is 6.04 Å². The molecule has 21 heavy (non-hydrogen) atoms. The minimum absolute atomic E-state index is 0.137. The molecule has 1 saturated heterocycles. The van der Waals surface area contributed by atoms with Gasteiger partial charge < -0.3 is 10.2 Å². The van der Waals surface area contributed by atoms with Gasteiger partial charge in [-0.15, -0.1) is 0 Å². The van der Waals surface area contributed by atoms with Crippen LogP contribution in [0.5, 0.6) is 0 Å². The predicted molar refractivity (Wildman–Crippen MR) is 87.1 cm³/mol. The molecular formula is C18H29FN2. The smallest absolute Gasteiger partial charge is 0.123 e. The van der Waals surface area contributed by atoms with E-state index in [1.54, 1.807) is 12.1 Å². The Balaban J connectivity index is 1.68. The number of likely N-dealkylation sites (tertiary alicyclic amines) is 1. The molecule has 3 heteroatoms. The maximum atomic E-state index is 13.1. The first-order valence-corrected chi connectivity index (χ1v) is 8.25. The van der Waals surface area contributed by atoms with Gasteiger partial charge in [-0.05, 0) is 75.0 Å². The molecule has 0 radical (unpaired) electrons. The van der Waals surface area contributed by atoms with Gasteiger partial charge in [-0.3, -0.25) is 0 Å². The topological polar surface area (TPSA) is 15.3 Å². The highest BCUT2D eigenvalue weighted by molar-refractivity contribution is 5.26. The van der Waals surface area contributed by atoms with Crippen LogP contribution in [0.1, 0.15) is 37.8 Å². The molecular weight excluding hydrogens is 263 g/mol. The summed E-state index contributed by atoms with van der Waals surface area (Å²) in [5.41, 5.74) is 2.31. The number of hydrogen-bond acceptors (Lipinski definition) is 2. The van der Waals surface area contributed by atoms with Crippen LogP contribution in [-0.2, 0) is 6.42 Å². The molecule has 0 amide bonds. The Kier molecular flexibility index (Phi) is 6.19. The standard InChI is InChI=1S/C18H29FN2/c1-14(2)13-21-10-7-18(8-11-21)20-9-6-16-4-5-17(19)12-15(16)3/h4-5,12,14,18,20H,6-11,13H2,1-3H3. The second-order valence-corrected chi connectivity index (χ2v) is 6.74. The second kappa shape index (κ2) is 7.90. The normalized spacial score (nSPS) is 17.6. The Morgan fingerprint density at radius 2 is 2.00 bits per heavy atom. The van der Waals surface area contributed by atoms with Crippen molar-refractivity contribution in [2.24, 2.45) is 5.92 Å². The van der Waals surface area contributed by atoms with Crippen LogP contribution in [0.25, 0.3) is 0 Å². The van der Waals surface area contributed by atoms with E-state index in [9.17, 15) is 4.39 Å². The van der Waals surface area contributed by atoms with E-state index in [1.807, 2.05) is 13.0 Å². The molecule has 0 atom stereocenters. The van der Waals surface area contributed by atoms with Gasteiger partial charge in [0.15, 0.2) is 0 Å². The first-order valence-electron chi connectivity index (χ1n) is 8.25. The molecule has 1 aromatic carbocycles. The largest absolute Gasteiger partial charge is 0.314 e. The maximum absolute atomic E-state index is 13.1. The van der Waals surface area contributed by atoms with Crippen molar-refractivity contribution in [1.29, 1.82) is 0 Å². The third-order valence-electron chi connectivity index (χ3n) is 4.34. The van der Waals surface area contributed by atoms with Gasteiger partial charge in [0.2, 0.25) is 0 Å². The van der Waals surface area contributed by atoms with Crippen molar-refractivity contribution in [1.82, 2.24) is 10.2 Å². The third kappa shape index (κ3) is 5.40. The first kappa shape index (κ1) is 16.4. The molecule has 118 valence electrons. The van der Waals surface area contributed by atoms with Crippen LogP contribution in [-0.4, -0.2) is 37.1 Å². The van der Waals surface area contributed by atoms with Crippen LogP contribution >= 0.6 is 0 Å². The Hall–Kier alpha value is -0.930. The lowest BCUT2D eigenvalue weighted by Crippen LogP contribution is -2.44. The van der Waals surface area contributed by atoms with Gasteiger partial charge >= 0.3 is 0 Å². The molecule has 1 heterocycles. The molecule has 0 unspecified atom stereocenters. The average molecular weight is 292 g/mol. The maximum Gasteiger partial charge on any atom is 0.123 e. The van der Waals surface area contributed by atoms with Crippen molar-refractivity contribution in [2.75, 3.05) is 26.2 Å². The van der Waals surface area contributed by atoms with E-state index in [1.165, 1.54) is 38.0 Å². The second-order valence-electron chi connectivity index (χ2n) is 6.74. The van der Waals surface area contributed by atoms with E-state index in [0.717, 1.165) is 24.4 Å². The monoisotopic (exact) mass is 292 g/mol. The molecule has 0 aliphatic carbocycles. The lowest BCUT2D eigenvalue weighted by Gasteiger charge is -2.33. The van der Waals surface area contributed by atoms with Crippen molar-refractivity contribution >= 4 is 0 Å². The quantitative estimate of drug-likeness (QED) is 0.864. The van der Waals surface area contributed by atoms with Gasteiger partial charge in [-0.25, -0.2) is 4.39 Å². The average Bonchev–Trinajstić information content (AvgIpc) is 2.42. The molecule has 0 aromatic heterocycles. The van der Waals surface area contributed by atoms with Crippen molar-refractivity contribution in [3.05, 3.63) is 35.1 Å². The molecule has 2 nitrogen and oxygen atoms in total. The zero-order valence-electron chi connectivity index (χ0n) is 13.7. The molecule has 0 saturated carbocycles. The Labute approximate surface area is 128 Å². The van der Waals surface area contributed by atoms with Crippen LogP contribution < -0.4 is 5.32 Å². The molecule has 1 N–H and O–H groups in total. The van der Waals surface area contributed by atoms with Crippen LogP contribution in [0, 0.1) is 18.7 Å². The molecule has 2 rings (SSSR count). The number of aryl methyl sites for hydroxylation is 1. The van der Waals surface area contributed by atoms with Crippen LogP contribution in [0.2, 0.25) is 0 Å². The van der Waals surface area contributed by atoms with Crippen molar-refractivity contribution < 1.29 is 4.39 Å². The number of piperidine rings is 1. The number of benzene rings is 1. The molecule has 1 fully saturated rings. The zero-order chi connectivity index (χ0) is 15.2. The van der Waals surface area contributed by atoms with E-state index in [4.69, 9.17) is 0 Å². The number of hydrogen-bond donors (Lipinski definition) is 1. The molecule has 0 spiro atoms. The van der Waals surface area contributed by atoms with Crippen molar-refractivity contribution in [3.8, 4) is 0 Å². The fraction of sp³-hybridized carbons (Fsp3) is 0.667. The lowest BCUT2D eigenvalue weighted by atomic mass is 10.0. The van der Waals surface area contributed by atoms with Crippen LogP contribution in [0.15, 0.2) is 18.2 Å². The fourth-order valence-corrected chi connectivity index (χ4v) is 3.19. The number of rotatable bonds is 6. The van der Waals surface area contributed by atoms with E-state index in [-0.39, 0.29) is 5.82 Å². The summed E-state index contributed by atoms with van der Waals surface area (Å²) in [6.45, 7) is 11.2. The highest BCUT2D eigenvalue weighted by Crippen LogP contribution is 2.13. The minimum atomic E-state index is -0.137. The lowest BCUT2D eigenvalue weighted by molar-refractivity contribution is 0.180. The highest BCUT2D eigenvalue weighted by Gasteiger charge is 2.18. The summed E-state index contributed by atoms with van der Waals surface area (Å²) >= 11 is 0. The molecule has 1 aromatic rings. The van der Waals surface area contributed by atoms with Gasteiger partial charge in [0, 0.05) is 12.6 Å². The van der Waals surface area contributed by atoms with E-state index < -0.39 is 0 Å². The summed E-state index contributed by atoms with van der Waals surface area (Å²) < 4.78 is 13.1. The highest BCUT2D eigenvalue weighted by atomic mass is 19.1. The summed E-state index contributed by atoms with van der Waals surface area (Å²) in [4.78, 5) is 2.58. The first-order chi connectivity index (χ1) is 10.0. The Morgan fingerprint density at radius 3 is 2.62 bits per heavy atom. The van der Waals surface area contributed by atoms with Gasteiger partial charge in [-0.2, -0.15) is 0 Å². The van der Waals surface area contributed by atoms with Gasteiger partial charge in [0.1, 0.15) is 5.82 Å². The van der Waals surface area contributed by atoms with Crippen molar-refractivity contribution in [3.63, 3.8) is 0 Å². The van der Waals surface area contributed by atoms with Gasteiger partial charge in [-0.1, -0.05) is 19.9 Å². The molecule has 1 aliphatic heterocycles. The Bertz CT molecular complexity index is 437. The molecule has 0 bridgehead atoms. The number of nitrogens with zero attached hydrogens (tertiary/aromatic N) is 1. The van der Waals surface area contributed by atoms with Gasteiger partial charge in [0.25, 0.3) is 0 Å². The number of halogens is 1. The van der Waals surface area contributed by atoms with E-state index >= 15 is 0 Å². The predicted octanol–water partition coefficient (Wildman–Crippen LogP) is 3.39. The summed E-state index contributed by atoms with van der Waals surface area (Å²) in [6.07, 6.45) is 3.47. The molecule has 1 aliphatic rings. The van der Waals surface area contributed by atoms with Crippen LogP contribution in [0.4, 0.5) is 4.39 Å². The van der Waals surface area contributed by atoms with Crippen molar-refractivity contribution in [2.45, 2.75) is 46.1 Å². The van der Waals surface area contributed by atoms with Gasteiger partial charge in [0.05, 0.1) is 0 Å².